The first kappa shape index (κ1) is 23.2. The van der Waals surface area contributed by atoms with Gasteiger partial charge in [-0.2, -0.15) is 0 Å². The number of imidazole rings is 1. The number of hydrogen-bond acceptors (Lipinski definition) is 4. The summed E-state index contributed by atoms with van der Waals surface area (Å²) in [6.45, 7) is 6.25. The van der Waals surface area contributed by atoms with Crippen LogP contribution in [0.3, 0.4) is 0 Å². The molecule has 0 aliphatic heterocycles. The van der Waals surface area contributed by atoms with E-state index in [2.05, 4.69) is 0 Å². The Balaban J connectivity index is 2.33. The van der Waals surface area contributed by atoms with Crippen molar-refractivity contribution in [3.63, 3.8) is 0 Å². The highest BCUT2D eigenvalue weighted by molar-refractivity contribution is 5.98. The number of aromatic nitrogens is 2. The molecule has 1 aromatic heterocycles. The van der Waals surface area contributed by atoms with Gasteiger partial charge in [-0.05, 0) is 39.8 Å². The van der Waals surface area contributed by atoms with Gasteiger partial charge in [0.25, 0.3) is 6.33 Å². The Morgan fingerprint density at radius 3 is 1.39 bits per heavy atom. The maximum Gasteiger partial charge on any atom is 0.336 e. The van der Waals surface area contributed by atoms with Crippen LogP contribution in [0.4, 0.5) is 0 Å². The zero-order valence-electron chi connectivity index (χ0n) is 18.2. The predicted octanol–water partition coefficient (Wildman–Crippen LogP) is 2.78. The van der Waals surface area contributed by atoms with Gasteiger partial charge in [-0.25, -0.2) is 28.3 Å². The Labute approximate surface area is 187 Å². The summed E-state index contributed by atoms with van der Waals surface area (Å²) in [7, 11) is 0. The Morgan fingerprint density at radius 2 is 1.03 bits per heavy atom. The molecule has 3 aromatic rings. The third kappa shape index (κ3) is 3.82. The minimum absolute atomic E-state index is 0.165. The van der Waals surface area contributed by atoms with Crippen LogP contribution < -0.4 is 4.57 Å². The largest absolute Gasteiger partial charge is 0.478 e. The molecule has 0 unspecified atom stereocenters. The summed E-state index contributed by atoms with van der Waals surface area (Å²) >= 11 is 0. The van der Waals surface area contributed by atoms with Crippen molar-refractivity contribution in [2.24, 2.45) is 0 Å². The summed E-state index contributed by atoms with van der Waals surface area (Å²) in [4.78, 5) is 46.8. The standard InChI is InChI=1S/C23H20N2O8/c1-10-14(20(26)27)7-15(21(28)29)11(2)18(10)24-5-6-25(9-24)19-12(3)16(22(30)31)8-17(13(19)4)23(32)33/h5-9H,1-4H3,(H3-,26,27,28,29,30,31,32,33)/p+1. The number of carboxylic acids is 4. The molecule has 0 fully saturated rings. The van der Waals surface area contributed by atoms with E-state index in [1.807, 2.05) is 0 Å². The minimum atomic E-state index is -1.27. The number of nitrogens with zero attached hydrogens (tertiary/aromatic N) is 2. The zero-order valence-corrected chi connectivity index (χ0v) is 18.2. The lowest BCUT2D eigenvalue weighted by molar-refractivity contribution is -0.595. The van der Waals surface area contributed by atoms with Crippen LogP contribution in [0, 0.1) is 27.7 Å². The maximum absolute atomic E-state index is 11.7. The molecule has 3 rings (SSSR count). The number of hydrogen-bond donors (Lipinski definition) is 4. The van der Waals surface area contributed by atoms with Crippen LogP contribution in [0.25, 0.3) is 11.4 Å². The van der Waals surface area contributed by atoms with Gasteiger partial charge in [-0.3, -0.25) is 0 Å². The fourth-order valence-corrected chi connectivity index (χ4v) is 4.08. The number of rotatable bonds is 6. The van der Waals surface area contributed by atoms with Crippen LogP contribution in [0.5, 0.6) is 0 Å². The highest BCUT2D eigenvalue weighted by atomic mass is 16.4. The molecule has 4 N–H and O–H groups in total. The summed E-state index contributed by atoms with van der Waals surface area (Å²) in [5.74, 6) is -5.10. The van der Waals surface area contributed by atoms with Gasteiger partial charge in [0, 0.05) is 22.3 Å². The Bertz CT molecular complexity index is 1190. The maximum atomic E-state index is 11.7. The van der Waals surface area contributed by atoms with Crippen molar-refractivity contribution in [2.45, 2.75) is 27.7 Å². The lowest BCUT2D eigenvalue weighted by Gasteiger charge is -2.13. The van der Waals surface area contributed by atoms with Crippen LogP contribution in [-0.4, -0.2) is 48.9 Å². The van der Waals surface area contributed by atoms with E-state index in [9.17, 15) is 39.6 Å². The van der Waals surface area contributed by atoms with E-state index in [1.54, 1.807) is 40.1 Å². The zero-order chi connectivity index (χ0) is 24.8. The fourth-order valence-electron chi connectivity index (χ4n) is 4.08. The molecule has 10 heteroatoms. The molecule has 2 aromatic carbocycles. The van der Waals surface area contributed by atoms with E-state index in [0.717, 1.165) is 12.1 Å². The van der Waals surface area contributed by atoms with Crippen molar-refractivity contribution in [3.8, 4) is 11.4 Å². The topological polar surface area (TPSA) is 158 Å². The van der Waals surface area contributed by atoms with E-state index in [-0.39, 0.29) is 22.3 Å². The van der Waals surface area contributed by atoms with Crippen molar-refractivity contribution in [1.29, 1.82) is 0 Å². The van der Waals surface area contributed by atoms with Crippen LogP contribution in [0.2, 0.25) is 0 Å². The monoisotopic (exact) mass is 453 g/mol. The third-order valence-corrected chi connectivity index (χ3v) is 5.69. The third-order valence-electron chi connectivity index (χ3n) is 5.69. The summed E-state index contributed by atoms with van der Waals surface area (Å²) in [5.41, 5.74) is 1.38. The van der Waals surface area contributed by atoms with Gasteiger partial charge in [0.15, 0.2) is 0 Å². The smallest absolute Gasteiger partial charge is 0.336 e. The second-order valence-corrected chi connectivity index (χ2v) is 7.59. The quantitative estimate of drug-likeness (QED) is 0.415. The molecular formula is C23H21N2O8+. The molecule has 0 aliphatic carbocycles. The van der Waals surface area contributed by atoms with Gasteiger partial charge in [-0.1, -0.05) is 0 Å². The minimum Gasteiger partial charge on any atom is -0.478 e. The lowest BCUT2D eigenvalue weighted by Crippen LogP contribution is -2.32. The first-order chi connectivity index (χ1) is 15.4. The second kappa shape index (κ2) is 8.23. The molecule has 10 nitrogen and oxygen atoms in total. The van der Waals surface area contributed by atoms with E-state index >= 15 is 0 Å². The Kier molecular flexibility index (Phi) is 5.78. The predicted molar refractivity (Wildman–Crippen MR) is 114 cm³/mol. The molecule has 0 bridgehead atoms. The summed E-state index contributed by atoms with van der Waals surface area (Å²) < 4.78 is 3.05. The fraction of sp³-hybridized carbons (Fsp3) is 0.174. The molecule has 33 heavy (non-hydrogen) atoms. The summed E-state index contributed by atoms with van der Waals surface area (Å²) in [6, 6.07) is 2.22. The molecule has 170 valence electrons. The van der Waals surface area contributed by atoms with E-state index in [0.29, 0.717) is 33.6 Å². The SMILES string of the molecule is Cc1c(C(=O)O)cc(C(=O)O)c(C)c1-n1cc[n+](-c2c(C)c(C(=O)O)cc(C(=O)O)c2C)c1. The van der Waals surface area contributed by atoms with Crippen molar-refractivity contribution in [3.05, 3.63) is 75.4 Å². The van der Waals surface area contributed by atoms with Crippen molar-refractivity contribution in [2.75, 3.05) is 0 Å². The number of benzene rings is 2. The summed E-state index contributed by atoms with van der Waals surface area (Å²) in [5, 5.41) is 38.1. The average molecular weight is 453 g/mol. The van der Waals surface area contributed by atoms with Crippen molar-refractivity contribution >= 4 is 23.9 Å². The van der Waals surface area contributed by atoms with E-state index in [1.165, 1.54) is 15.5 Å². The first-order valence-corrected chi connectivity index (χ1v) is 9.68. The number of aromatic carboxylic acids is 4. The van der Waals surface area contributed by atoms with E-state index < -0.39 is 23.9 Å². The molecule has 0 aliphatic rings. The van der Waals surface area contributed by atoms with Gasteiger partial charge >= 0.3 is 23.9 Å². The van der Waals surface area contributed by atoms with Crippen LogP contribution in [0.15, 0.2) is 30.9 Å². The van der Waals surface area contributed by atoms with Crippen LogP contribution in [-0.2, 0) is 0 Å². The normalized spacial score (nSPS) is 10.8. The van der Waals surface area contributed by atoms with Crippen molar-refractivity contribution in [1.82, 2.24) is 4.57 Å². The van der Waals surface area contributed by atoms with Gasteiger partial charge in [0.2, 0.25) is 0 Å². The Morgan fingerprint density at radius 1 is 0.667 bits per heavy atom. The van der Waals surface area contributed by atoms with Gasteiger partial charge in [0.1, 0.15) is 23.8 Å². The molecule has 0 saturated carbocycles. The molecule has 1 heterocycles. The lowest BCUT2D eigenvalue weighted by atomic mass is 9.96. The molecule has 0 atom stereocenters. The highest BCUT2D eigenvalue weighted by Crippen LogP contribution is 2.27. The molecule has 0 spiro atoms. The molecule has 0 radical (unpaired) electrons. The highest BCUT2D eigenvalue weighted by Gasteiger charge is 2.27. The number of carbonyl (C=O) groups is 4. The second-order valence-electron chi connectivity index (χ2n) is 7.59. The average Bonchev–Trinajstić information content (AvgIpc) is 3.16. The molecule has 0 amide bonds. The summed E-state index contributed by atoms with van der Waals surface area (Å²) in [6.07, 6.45) is 4.62. The van der Waals surface area contributed by atoms with E-state index in [4.69, 9.17) is 0 Å². The first-order valence-electron chi connectivity index (χ1n) is 9.68. The molecule has 0 saturated heterocycles. The Hall–Kier alpha value is -4.47. The number of carboxylic acid groups (broad SMARTS) is 4. The van der Waals surface area contributed by atoms with Gasteiger partial charge < -0.3 is 20.4 Å². The van der Waals surface area contributed by atoms with Crippen LogP contribution in [0.1, 0.15) is 63.7 Å². The van der Waals surface area contributed by atoms with Gasteiger partial charge in [-0.15, -0.1) is 0 Å². The molecular weight excluding hydrogens is 432 g/mol. The van der Waals surface area contributed by atoms with Crippen LogP contribution >= 0.6 is 0 Å². The van der Waals surface area contributed by atoms with Crippen molar-refractivity contribution < 1.29 is 44.2 Å². The van der Waals surface area contributed by atoms with Gasteiger partial charge in [0.05, 0.1) is 22.3 Å².